The Morgan fingerprint density at radius 2 is 1.92 bits per heavy atom. The quantitative estimate of drug-likeness (QED) is 0.249. The van der Waals surface area contributed by atoms with Crippen molar-refractivity contribution in [2.45, 2.75) is 39.4 Å². The SMILES string of the molecule is C[C@@H](O)CN(CC=CC(=O)Nc1ccc2ncnc(Nc3ccc(F)c(Cl)c3)c2c1)CC(=O)OC(C)(C)C. The van der Waals surface area contributed by atoms with Crippen LogP contribution in [0.1, 0.15) is 27.7 Å². The minimum absolute atomic E-state index is 0.0200. The van der Waals surface area contributed by atoms with E-state index in [1.165, 1.54) is 30.6 Å². The molecule has 0 radical (unpaired) electrons. The number of nitrogens with one attached hydrogen (secondary N) is 2. The lowest BCUT2D eigenvalue weighted by Gasteiger charge is -2.25. The topological polar surface area (TPSA) is 117 Å². The molecule has 0 bridgehead atoms. The maximum Gasteiger partial charge on any atom is 0.320 e. The molecule has 0 aliphatic heterocycles. The summed E-state index contributed by atoms with van der Waals surface area (Å²) in [7, 11) is 0. The molecular weight excluding hydrogens is 513 g/mol. The van der Waals surface area contributed by atoms with Gasteiger partial charge in [0.05, 0.1) is 23.2 Å². The average molecular weight is 544 g/mol. The number of aromatic nitrogens is 2. The van der Waals surface area contributed by atoms with E-state index in [9.17, 15) is 19.1 Å². The number of amides is 1. The van der Waals surface area contributed by atoms with Crippen molar-refractivity contribution in [3.05, 3.63) is 65.7 Å². The zero-order chi connectivity index (χ0) is 27.9. The van der Waals surface area contributed by atoms with Gasteiger partial charge < -0.3 is 20.5 Å². The fraction of sp³-hybridized carbons (Fsp3) is 0.333. The van der Waals surface area contributed by atoms with Crippen LogP contribution < -0.4 is 10.6 Å². The molecule has 0 unspecified atom stereocenters. The van der Waals surface area contributed by atoms with Gasteiger partial charge >= 0.3 is 5.97 Å². The molecule has 2 aromatic carbocycles. The van der Waals surface area contributed by atoms with Crippen LogP contribution in [0.15, 0.2) is 54.9 Å². The van der Waals surface area contributed by atoms with E-state index in [4.69, 9.17) is 16.3 Å². The highest BCUT2D eigenvalue weighted by Crippen LogP contribution is 2.27. The van der Waals surface area contributed by atoms with Crippen LogP contribution in [0.4, 0.5) is 21.6 Å². The molecule has 0 aliphatic rings. The Balaban J connectivity index is 1.67. The van der Waals surface area contributed by atoms with E-state index < -0.39 is 23.5 Å². The third kappa shape index (κ3) is 9.05. The normalized spacial score (nSPS) is 12.6. The molecule has 3 aromatic rings. The number of nitrogens with zero attached hydrogens (tertiary/aromatic N) is 3. The molecule has 0 spiro atoms. The zero-order valence-corrected chi connectivity index (χ0v) is 22.4. The molecule has 1 amide bonds. The molecule has 9 nitrogen and oxygen atoms in total. The monoisotopic (exact) mass is 543 g/mol. The minimum Gasteiger partial charge on any atom is -0.459 e. The number of esters is 1. The van der Waals surface area contributed by atoms with Gasteiger partial charge in [-0.15, -0.1) is 0 Å². The number of ether oxygens (including phenoxy) is 1. The predicted molar refractivity (Wildman–Crippen MR) is 146 cm³/mol. The summed E-state index contributed by atoms with van der Waals surface area (Å²) in [6, 6.07) is 9.41. The molecule has 0 aliphatic carbocycles. The van der Waals surface area contributed by atoms with Gasteiger partial charge in [0.15, 0.2) is 0 Å². The van der Waals surface area contributed by atoms with Crippen molar-refractivity contribution in [1.82, 2.24) is 14.9 Å². The highest BCUT2D eigenvalue weighted by molar-refractivity contribution is 6.31. The lowest BCUT2D eigenvalue weighted by Crippen LogP contribution is -2.38. The number of rotatable bonds is 10. The van der Waals surface area contributed by atoms with Crippen LogP contribution >= 0.6 is 11.6 Å². The number of fused-ring (bicyclic) bond motifs is 1. The fourth-order valence-corrected chi connectivity index (χ4v) is 3.75. The molecule has 0 saturated carbocycles. The van der Waals surface area contributed by atoms with Crippen LogP contribution in [-0.4, -0.2) is 63.2 Å². The number of hydrogen-bond donors (Lipinski definition) is 3. The maximum atomic E-state index is 13.5. The smallest absolute Gasteiger partial charge is 0.320 e. The van der Waals surface area contributed by atoms with E-state index in [0.29, 0.717) is 28.1 Å². The molecule has 0 fully saturated rings. The number of aliphatic hydroxyl groups is 1. The molecule has 202 valence electrons. The number of aliphatic hydroxyl groups excluding tert-OH is 1. The van der Waals surface area contributed by atoms with E-state index in [0.717, 1.165) is 0 Å². The summed E-state index contributed by atoms with van der Waals surface area (Å²) in [5, 5.41) is 16.3. The van der Waals surface area contributed by atoms with Gasteiger partial charge in [-0.2, -0.15) is 0 Å². The molecule has 3 N–H and O–H groups in total. The fourth-order valence-electron chi connectivity index (χ4n) is 3.57. The molecule has 0 saturated heterocycles. The minimum atomic E-state index is -0.659. The molecule has 1 aromatic heterocycles. The molecule has 3 rings (SSSR count). The summed E-state index contributed by atoms with van der Waals surface area (Å²) in [6.45, 7) is 7.45. The predicted octanol–water partition coefficient (Wildman–Crippen LogP) is 4.69. The summed E-state index contributed by atoms with van der Waals surface area (Å²) >= 11 is 5.88. The third-order valence-corrected chi connectivity index (χ3v) is 5.30. The van der Waals surface area contributed by atoms with Crippen LogP contribution in [0, 0.1) is 5.82 Å². The zero-order valence-electron chi connectivity index (χ0n) is 21.7. The Labute approximate surface area is 225 Å². The average Bonchev–Trinajstić information content (AvgIpc) is 2.80. The molecule has 1 heterocycles. The summed E-state index contributed by atoms with van der Waals surface area (Å²) in [4.78, 5) is 34.9. The first-order valence-corrected chi connectivity index (χ1v) is 12.3. The number of anilines is 3. The summed E-state index contributed by atoms with van der Waals surface area (Å²) in [5.74, 6) is -0.862. The molecule has 38 heavy (non-hydrogen) atoms. The molecular formula is C27H31ClFN5O4. The number of carbonyl (C=O) groups excluding carboxylic acids is 2. The van der Waals surface area contributed by atoms with Crippen molar-refractivity contribution < 1.29 is 23.8 Å². The van der Waals surface area contributed by atoms with E-state index in [2.05, 4.69) is 20.6 Å². The van der Waals surface area contributed by atoms with Crippen molar-refractivity contribution in [3.8, 4) is 0 Å². The number of carbonyl (C=O) groups is 2. The van der Waals surface area contributed by atoms with Crippen LogP contribution in [-0.2, 0) is 14.3 Å². The second kappa shape index (κ2) is 12.8. The van der Waals surface area contributed by atoms with Gasteiger partial charge in [0.25, 0.3) is 0 Å². The van der Waals surface area contributed by atoms with Crippen LogP contribution in [0.3, 0.4) is 0 Å². The second-order valence-electron chi connectivity index (χ2n) is 9.73. The standard InChI is InChI=1S/C27H31ClFN5O4/c1-17(35)14-34(15-25(37)38-27(2,3)4)11-5-6-24(36)32-18-8-10-23-20(12-18)26(31-16-30-23)33-19-7-9-22(29)21(28)13-19/h5-10,12-13,16-17,35H,11,14-15H2,1-4H3,(H,32,36)(H,30,31,33)/t17-/m1/s1. The molecule has 1 atom stereocenters. The highest BCUT2D eigenvalue weighted by atomic mass is 35.5. The Hall–Kier alpha value is -3.60. The Bertz CT molecular complexity index is 1330. The van der Waals surface area contributed by atoms with E-state index in [1.807, 2.05) is 0 Å². The number of benzene rings is 2. The van der Waals surface area contributed by atoms with E-state index >= 15 is 0 Å². The summed E-state index contributed by atoms with van der Waals surface area (Å²) in [6.07, 6.45) is 3.70. The van der Waals surface area contributed by atoms with Gasteiger partial charge in [0.2, 0.25) is 5.91 Å². The Kier molecular flexibility index (Phi) is 9.73. The first kappa shape index (κ1) is 29.0. The lowest BCUT2D eigenvalue weighted by atomic mass is 10.2. The van der Waals surface area contributed by atoms with Crippen molar-refractivity contribution in [3.63, 3.8) is 0 Å². The first-order chi connectivity index (χ1) is 17.9. The van der Waals surface area contributed by atoms with Crippen LogP contribution in [0.5, 0.6) is 0 Å². The molecule has 11 heteroatoms. The van der Waals surface area contributed by atoms with Gasteiger partial charge in [0.1, 0.15) is 23.6 Å². The lowest BCUT2D eigenvalue weighted by molar-refractivity contribution is -0.156. The summed E-state index contributed by atoms with van der Waals surface area (Å²) in [5.41, 5.74) is 1.08. The Morgan fingerprint density at radius 3 is 2.61 bits per heavy atom. The van der Waals surface area contributed by atoms with Gasteiger partial charge in [-0.25, -0.2) is 14.4 Å². The second-order valence-corrected chi connectivity index (χ2v) is 10.1. The van der Waals surface area contributed by atoms with Gasteiger partial charge in [-0.05, 0) is 64.1 Å². The van der Waals surface area contributed by atoms with Crippen molar-refractivity contribution in [2.24, 2.45) is 0 Å². The van der Waals surface area contributed by atoms with Crippen molar-refractivity contribution in [1.29, 1.82) is 0 Å². The highest BCUT2D eigenvalue weighted by Gasteiger charge is 2.19. The van der Waals surface area contributed by atoms with Gasteiger partial charge in [0, 0.05) is 35.9 Å². The van der Waals surface area contributed by atoms with Gasteiger partial charge in [-0.3, -0.25) is 14.5 Å². The number of hydrogen-bond acceptors (Lipinski definition) is 8. The Morgan fingerprint density at radius 1 is 1.18 bits per heavy atom. The van der Waals surface area contributed by atoms with Gasteiger partial charge in [-0.1, -0.05) is 17.7 Å². The van der Waals surface area contributed by atoms with Crippen molar-refractivity contribution in [2.75, 3.05) is 30.3 Å². The third-order valence-electron chi connectivity index (χ3n) is 5.01. The van der Waals surface area contributed by atoms with E-state index in [-0.39, 0.29) is 30.6 Å². The largest absolute Gasteiger partial charge is 0.459 e. The van der Waals surface area contributed by atoms with Crippen LogP contribution in [0.25, 0.3) is 10.9 Å². The van der Waals surface area contributed by atoms with E-state index in [1.54, 1.807) is 56.9 Å². The van der Waals surface area contributed by atoms with Crippen LogP contribution in [0.2, 0.25) is 5.02 Å². The van der Waals surface area contributed by atoms with Crippen molar-refractivity contribution >= 4 is 51.6 Å². The summed E-state index contributed by atoms with van der Waals surface area (Å²) < 4.78 is 18.8. The maximum absolute atomic E-state index is 13.5. The number of halogens is 2. The first-order valence-electron chi connectivity index (χ1n) is 12.0.